The van der Waals surface area contributed by atoms with Crippen molar-refractivity contribution >= 4 is 52.7 Å². The number of benzene rings is 4. The summed E-state index contributed by atoms with van der Waals surface area (Å²) in [6.07, 6.45) is 1.61. The molecule has 0 fully saturated rings. The summed E-state index contributed by atoms with van der Waals surface area (Å²) in [6.45, 7) is 2.45. The number of carbonyl (C=O) groups excluding carboxylic acids is 3. The SMILES string of the molecule is CCOc1ccc(/C=C(\NC(=O)c2ccccc2)C(=O)Nc2ccc(SCC(=O)c3ccc(Cl)cc3)cc2)cc1. The smallest absolute Gasteiger partial charge is 0.272 e. The first kappa shape index (κ1) is 28.7. The maximum Gasteiger partial charge on any atom is 0.272 e. The fourth-order valence-electron chi connectivity index (χ4n) is 3.64. The average molecular weight is 571 g/mol. The van der Waals surface area contributed by atoms with Crippen molar-refractivity contribution in [3.05, 3.63) is 131 Å². The van der Waals surface area contributed by atoms with Crippen LogP contribution in [0.3, 0.4) is 0 Å². The number of ketones is 1. The molecule has 0 unspecified atom stereocenters. The number of thioether (sulfide) groups is 1. The third-order valence-corrected chi connectivity index (χ3v) is 6.94. The van der Waals surface area contributed by atoms with Gasteiger partial charge in [0.1, 0.15) is 11.4 Å². The predicted molar refractivity (Wildman–Crippen MR) is 161 cm³/mol. The second kappa shape index (κ2) is 14.2. The largest absolute Gasteiger partial charge is 0.494 e. The Morgan fingerprint density at radius 2 is 1.50 bits per heavy atom. The molecular formula is C32H27ClN2O4S. The minimum atomic E-state index is -0.475. The first-order valence-electron chi connectivity index (χ1n) is 12.5. The summed E-state index contributed by atoms with van der Waals surface area (Å²) in [5, 5.41) is 6.15. The van der Waals surface area contributed by atoms with Gasteiger partial charge in [0.15, 0.2) is 5.78 Å². The molecule has 6 nitrogen and oxygen atoms in total. The highest BCUT2D eigenvalue weighted by molar-refractivity contribution is 8.00. The van der Waals surface area contributed by atoms with Crippen LogP contribution >= 0.6 is 23.4 Å². The molecule has 0 aliphatic carbocycles. The van der Waals surface area contributed by atoms with Gasteiger partial charge >= 0.3 is 0 Å². The Kier molecular flexibility index (Phi) is 10.2. The van der Waals surface area contributed by atoms with Crippen LogP contribution in [0.15, 0.2) is 114 Å². The van der Waals surface area contributed by atoms with Crippen molar-refractivity contribution in [1.82, 2.24) is 5.32 Å². The molecule has 0 atom stereocenters. The normalized spacial score (nSPS) is 11.0. The number of ether oxygens (including phenoxy) is 1. The summed E-state index contributed by atoms with van der Waals surface area (Å²) in [6, 6.07) is 29.9. The topological polar surface area (TPSA) is 84.5 Å². The maximum absolute atomic E-state index is 13.3. The highest BCUT2D eigenvalue weighted by Gasteiger charge is 2.15. The molecule has 0 aliphatic rings. The fourth-order valence-corrected chi connectivity index (χ4v) is 4.56. The molecule has 0 saturated carbocycles. The number of hydrogen-bond acceptors (Lipinski definition) is 5. The van der Waals surface area contributed by atoms with Crippen LogP contribution in [0.25, 0.3) is 6.08 Å². The second-order valence-corrected chi connectivity index (χ2v) is 10.1. The van der Waals surface area contributed by atoms with E-state index in [0.29, 0.717) is 34.2 Å². The Balaban J connectivity index is 1.44. The van der Waals surface area contributed by atoms with E-state index in [1.54, 1.807) is 78.9 Å². The quantitative estimate of drug-likeness (QED) is 0.114. The van der Waals surface area contributed by atoms with Gasteiger partial charge in [-0.25, -0.2) is 0 Å². The second-order valence-electron chi connectivity index (χ2n) is 8.58. The summed E-state index contributed by atoms with van der Waals surface area (Å²) in [7, 11) is 0. The van der Waals surface area contributed by atoms with E-state index in [-0.39, 0.29) is 17.2 Å². The molecule has 4 rings (SSSR count). The Bertz CT molecular complexity index is 1490. The first-order chi connectivity index (χ1) is 19.4. The number of halogens is 1. The monoisotopic (exact) mass is 570 g/mol. The van der Waals surface area contributed by atoms with Gasteiger partial charge in [0, 0.05) is 26.7 Å². The van der Waals surface area contributed by atoms with Crippen LogP contribution in [0.5, 0.6) is 5.75 Å². The van der Waals surface area contributed by atoms with Gasteiger partial charge in [0.05, 0.1) is 12.4 Å². The summed E-state index contributed by atoms with van der Waals surface area (Å²) < 4.78 is 5.49. The maximum atomic E-state index is 13.3. The highest BCUT2D eigenvalue weighted by atomic mass is 35.5. The van der Waals surface area contributed by atoms with Crippen LogP contribution in [0, 0.1) is 0 Å². The zero-order valence-electron chi connectivity index (χ0n) is 21.7. The van der Waals surface area contributed by atoms with E-state index in [2.05, 4.69) is 10.6 Å². The van der Waals surface area contributed by atoms with Crippen LogP contribution in [0.1, 0.15) is 33.2 Å². The number of rotatable bonds is 11. The third kappa shape index (κ3) is 8.33. The third-order valence-electron chi connectivity index (χ3n) is 5.68. The van der Waals surface area contributed by atoms with Crippen molar-refractivity contribution in [2.45, 2.75) is 11.8 Å². The number of anilines is 1. The molecule has 8 heteroatoms. The average Bonchev–Trinajstić information content (AvgIpc) is 2.98. The molecule has 0 aliphatic heterocycles. The Labute approximate surface area is 242 Å². The van der Waals surface area contributed by atoms with Gasteiger partial charge in [-0.1, -0.05) is 41.9 Å². The van der Waals surface area contributed by atoms with E-state index in [4.69, 9.17) is 16.3 Å². The molecule has 0 spiro atoms. The van der Waals surface area contributed by atoms with Gasteiger partial charge in [-0.3, -0.25) is 14.4 Å². The van der Waals surface area contributed by atoms with Gasteiger partial charge in [-0.15, -0.1) is 11.8 Å². The molecule has 0 bridgehead atoms. The van der Waals surface area contributed by atoms with Crippen molar-refractivity contribution in [3.8, 4) is 5.75 Å². The van der Waals surface area contributed by atoms with E-state index in [1.165, 1.54) is 11.8 Å². The van der Waals surface area contributed by atoms with Gasteiger partial charge in [0.25, 0.3) is 11.8 Å². The van der Waals surface area contributed by atoms with E-state index in [9.17, 15) is 14.4 Å². The minimum absolute atomic E-state index is 0.00253. The summed E-state index contributed by atoms with van der Waals surface area (Å²) in [4.78, 5) is 39.4. The molecule has 2 amide bonds. The van der Waals surface area contributed by atoms with Crippen molar-refractivity contribution < 1.29 is 19.1 Å². The number of nitrogens with one attached hydrogen (secondary N) is 2. The number of hydrogen-bond donors (Lipinski definition) is 2. The van der Waals surface area contributed by atoms with Crippen LogP contribution in [0.4, 0.5) is 5.69 Å². The molecule has 0 saturated heterocycles. The lowest BCUT2D eigenvalue weighted by atomic mass is 10.1. The van der Waals surface area contributed by atoms with Gasteiger partial charge in [0.2, 0.25) is 0 Å². The molecule has 0 heterocycles. The van der Waals surface area contributed by atoms with Crippen LogP contribution in [-0.4, -0.2) is 30.0 Å². The number of Topliss-reactive ketones (excluding diaryl/α,β-unsaturated/α-hetero) is 1. The number of carbonyl (C=O) groups is 3. The zero-order chi connectivity index (χ0) is 28.3. The van der Waals surface area contributed by atoms with Crippen molar-refractivity contribution in [1.29, 1.82) is 0 Å². The van der Waals surface area contributed by atoms with Crippen molar-refractivity contribution in [2.75, 3.05) is 17.7 Å². The first-order valence-corrected chi connectivity index (χ1v) is 13.9. The van der Waals surface area contributed by atoms with Crippen molar-refractivity contribution in [3.63, 3.8) is 0 Å². The Morgan fingerprint density at radius 3 is 2.15 bits per heavy atom. The molecule has 40 heavy (non-hydrogen) atoms. The molecule has 0 radical (unpaired) electrons. The van der Waals surface area contributed by atoms with E-state index < -0.39 is 11.8 Å². The minimum Gasteiger partial charge on any atom is -0.494 e. The predicted octanol–water partition coefficient (Wildman–Crippen LogP) is 7.12. The standard InChI is InChI=1S/C32H27ClN2O4S/c1-2-39-27-16-8-22(9-17-27)20-29(35-31(37)24-6-4-3-5-7-24)32(38)34-26-14-18-28(19-15-26)40-21-30(36)23-10-12-25(33)13-11-23/h3-20H,2,21H2,1H3,(H,34,38)(H,35,37)/b29-20-. The lowest BCUT2D eigenvalue weighted by molar-refractivity contribution is -0.113. The van der Waals surface area contributed by atoms with Gasteiger partial charge < -0.3 is 15.4 Å². The summed E-state index contributed by atoms with van der Waals surface area (Å²) in [5.74, 6) is 0.110. The zero-order valence-corrected chi connectivity index (χ0v) is 23.3. The van der Waals surface area contributed by atoms with Gasteiger partial charge in [-0.2, -0.15) is 0 Å². The van der Waals surface area contributed by atoms with Gasteiger partial charge in [-0.05, 0) is 91.4 Å². The summed E-state index contributed by atoms with van der Waals surface area (Å²) >= 11 is 7.29. The molecular weight excluding hydrogens is 544 g/mol. The Morgan fingerprint density at radius 1 is 0.825 bits per heavy atom. The van der Waals surface area contributed by atoms with E-state index in [0.717, 1.165) is 10.5 Å². The molecule has 4 aromatic rings. The molecule has 4 aromatic carbocycles. The molecule has 2 N–H and O–H groups in total. The Hall–Kier alpha value is -4.33. The van der Waals surface area contributed by atoms with Crippen LogP contribution < -0.4 is 15.4 Å². The lowest BCUT2D eigenvalue weighted by Crippen LogP contribution is -2.30. The fraction of sp³-hybridized carbons (Fsp3) is 0.0938. The lowest BCUT2D eigenvalue weighted by Gasteiger charge is -2.12. The molecule has 202 valence electrons. The number of amides is 2. The van der Waals surface area contributed by atoms with Crippen LogP contribution in [-0.2, 0) is 4.79 Å². The van der Waals surface area contributed by atoms with Crippen LogP contribution in [0.2, 0.25) is 5.02 Å². The van der Waals surface area contributed by atoms with E-state index >= 15 is 0 Å². The summed E-state index contributed by atoms with van der Waals surface area (Å²) in [5.41, 5.74) is 2.39. The molecule has 0 aromatic heterocycles. The highest BCUT2D eigenvalue weighted by Crippen LogP contribution is 2.23. The van der Waals surface area contributed by atoms with Crippen molar-refractivity contribution in [2.24, 2.45) is 0 Å². The van der Waals surface area contributed by atoms with E-state index in [1.807, 2.05) is 37.3 Å².